The molecule has 0 spiro atoms. The highest BCUT2D eigenvalue weighted by Crippen LogP contribution is 2.39. The lowest BCUT2D eigenvalue weighted by molar-refractivity contribution is -0.0156. The molecule has 218 valence electrons. The fourth-order valence-corrected chi connectivity index (χ4v) is 7.09. The van der Waals surface area contributed by atoms with Gasteiger partial charge in [0, 0.05) is 17.4 Å². The average molecular weight is 580 g/mol. The number of hydrogen-bond donors (Lipinski definition) is 0. The van der Waals surface area contributed by atoms with Crippen molar-refractivity contribution in [3.8, 4) is 5.75 Å². The van der Waals surface area contributed by atoms with E-state index in [1.165, 1.54) is 0 Å². The summed E-state index contributed by atoms with van der Waals surface area (Å²) in [5.41, 5.74) is 2.52. The molecule has 0 saturated carbocycles. The van der Waals surface area contributed by atoms with Gasteiger partial charge in [-0.1, -0.05) is 65.8 Å². The van der Waals surface area contributed by atoms with Crippen LogP contribution in [0.15, 0.2) is 47.4 Å². The Labute approximate surface area is 241 Å². The fourth-order valence-electron chi connectivity index (χ4n) is 5.51. The van der Waals surface area contributed by atoms with Crippen LogP contribution in [0, 0.1) is 0 Å². The Morgan fingerprint density at radius 3 is 2.10 bits per heavy atom. The van der Waals surface area contributed by atoms with Crippen LogP contribution in [-0.2, 0) is 19.1 Å². The largest absolute Gasteiger partial charge is 0.490 e. The third kappa shape index (κ3) is 5.38. The Morgan fingerprint density at radius 1 is 0.902 bits per heavy atom. The van der Waals surface area contributed by atoms with Gasteiger partial charge in [-0.2, -0.15) is 8.42 Å². The second-order valence-corrected chi connectivity index (χ2v) is 13.2. The van der Waals surface area contributed by atoms with Crippen LogP contribution in [0.4, 0.5) is 0 Å². The maximum Gasteiger partial charge on any atom is 0.318 e. The molecule has 2 amide bonds. The van der Waals surface area contributed by atoms with Crippen molar-refractivity contribution in [2.45, 2.75) is 83.1 Å². The maximum atomic E-state index is 13.9. The zero-order chi connectivity index (χ0) is 29.6. The van der Waals surface area contributed by atoms with Crippen LogP contribution in [0.3, 0.4) is 0 Å². The van der Waals surface area contributed by atoms with Gasteiger partial charge < -0.3 is 9.47 Å². The molecule has 3 aromatic carbocycles. The van der Waals surface area contributed by atoms with Crippen LogP contribution >= 0.6 is 0 Å². The molecule has 0 aliphatic carbocycles. The predicted molar refractivity (Wildman–Crippen MR) is 156 cm³/mol. The summed E-state index contributed by atoms with van der Waals surface area (Å²) < 4.78 is 45.0. The van der Waals surface area contributed by atoms with Crippen LogP contribution in [0.25, 0.3) is 10.8 Å². The van der Waals surface area contributed by atoms with Gasteiger partial charge in [-0.3, -0.25) is 9.59 Å². The van der Waals surface area contributed by atoms with E-state index in [0.717, 1.165) is 18.4 Å². The van der Waals surface area contributed by atoms with E-state index in [1.54, 1.807) is 30.3 Å². The summed E-state index contributed by atoms with van der Waals surface area (Å²) in [6.07, 6.45) is 1.90. The number of hydroxylamine groups is 2. The van der Waals surface area contributed by atoms with Crippen molar-refractivity contribution in [1.29, 1.82) is 0 Å². The summed E-state index contributed by atoms with van der Waals surface area (Å²) in [6.45, 7) is 12.8. The van der Waals surface area contributed by atoms with E-state index in [0.29, 0.717) is 45.9 Å². The molecule has 5 rings (SSSR count). The maximum absolute atomic E-state index is 13.9. The Bertz CT molecular complexity index is 1570. The van der Waals surface area contributed by atoms with E-state index in [4.69, 9.17) is 13.8 Å². The normalized spacial score (nSPS) is 17.5. The fraction of sp³-hybridized carbons (Fsp3) is 0.438. The van der Waals surface area contributed by atoms with E-state index in [2.05, 4.69) is 13.8 Å². The highest BCUT2D eigenvalue weighted by Gasteiger charge is 2.40. The molecule has 9 heteroatoms. The van der Waals surface area contributed by atoms with Crippen LogP contribution in [0.1, 0.15) is 110 Å². The van der Waals surface area contributed by atoms with E-state index in [-0.39, 0.29) is 39.9 Å². The minimum absolute atomic E-state index is 0.000703. The molecule has 1 atom stereocenters. The number of imide groups is 1. The van der Waals surface area contributed by atoms with Crippen LogP contribution in [-0.4, -0.2) is 44.6 Å². The van der Waals surface area contributed by atoms with Crippen molar-refractivity contribution in [3.63, 3.8) is 0 Å². The second-order valence-electron chi connectivity index (χ2n) is 11.7. The third-order valence-electron chi connectivity index (χ3n) is 7.78. The lowest BCUT2D eigenvalue weighted by atomic mass is 9.89. The van der Waals surface area contributed by atoms with E-state index in [9.17, 15) is 18.0 Å². The van der Waals surface area contributed by atoms with Crippen molar-refractivity contribution >= 4 is 32.7 Å². The molecule has 8 nitrogen and oxygen atoms in total. The minimum Gasteiger partial charge on any atom is -0.490 e. The first kappa shape index (κ1) is 29.2. The summed E-state index contributed by atoms with van der Waals surface area (Å²) in [5, 5.41) is 1.39. The summed E-state index contributed by atoms with van der Waals surface area (Å²) in [4.78, 5) is 27.3. The molecule has 1 unspecified atom stereocenters. The number of benzene rings is 3. The summed E-state index contributed by atoms with van der Waals surface area (Å²) in [5.74, 6) is -1.26. The van der Waals surface area contributed by atoms with Gasteiger partial charge >= 0.3 is 10.1 Å². The molecule has 0 aromatic heterocycles. The Kier molecular flexibility index (Phi) is 7.98. The van der Waals surface area contributed by atoms with Gasteiger partial charge in [0.05, 0.1) is 17.2 Å². The number of carbonyl (C=O) groups excluding carboxylic acids is 2. The average Bonchev–Trinajstić information content (AvgIpc) is 3.45. The van der Waals surface area contributed by atoms with Crippen molar-refractivity contribution < 1.29 is 31.8 Å². The number of amides is 2. The van der Waals surface area contributed by atoms with Gasteiger partial charge in [0.25, 0.3) is 11.8 Å². The first-order valence-corrected chi connectivity index (χ1v) is 15.6. The number of nitrogens with zero attached hydrogens (tertiary/aromatic N) is 1. The van der Waals surface area contributed by atoms with E-state index < -0.39 is 21.9 Å². The van der Waals surface area contributed by atoms with Crippen molar-refractivity contribution in [3.05, 3.63) is 70.3 Å². The monoisotopic (exact) mass is 579 g/mol. The van der Waals surface area contributed by atoms with Crippen molar-refractivity contribution in [2.24, 2.45) is 0 Å². The van der Waals surface area contributed by atoms with E-state index >= 15 is 0 Å². The number of rotatable bonds is 9. The molecule has 2 aliphatic heterocycles. The highest BCUT2D eigenvalue weighted by molar-refractivity contribution is 7.86. The Hall–Kier alpha value is -3.27. The summed E-state index contributed by atoms with van der Waals surface area (Å²) in [6, 6.07) is 12.0. The molecule has 2 heterocycles. The highest BCUT2D eigenvalue weighted by atomic mass is 32.2. The molecule has 3 aromatic rings. The van der Waals surface area contributed by atoms with Gasteiger partial charge in [0.1, 0.15) is 17.3 Å². The lowest BCUT2D eigenvalue weighted by Crippen LogP contribution is -2.42. The zero-order valence-electron chi connectivity index (χ0n) is 24.4. The van der Waals surface area contributed by atoms with Crippen LogP contribution in [0.2, 0.25) is 0 Å². The molecular formula is C32H37NO7S. The standard InChI is InChI=1S/C32H37NO7S/c1-18(2)21-15-26(19(3)4)30(27(16-21)20(5)6)41(36,37)40-33-31(34)24-11-7-10-23-28(39-17-22-9-8-14-38-22)13-12-25(29(23)24)32(33)35/h7,10-13,15-16,18-20,22H,8-9,14,17H2,1-6H3. The zero-order valence-corrected chi connectivity index (χ0v) is 25.2. The molecular weight excluding hydrogens is 542 g/mol. The van der Waals surface area contributed by atoms with Crippen LogP contribution in [0.5, 0.6) is 5.75 Å². The molecule has 0 radical (unpaired) electrons. The third-order valence-corrected chi connectivity index (χ3v) is 9.10. The second kappa shape index (κ2) is 11.2. The predicted octanol–water partition coefficient (Wildman–Crippen LogP) is 6.68. The minimum atomic E-state index is -4.57. The van der Waals surface area contributed by atoms with E-state index in [1.807, 2.05) is 39.8 Å². The van der Waals surface area contributed by atoms with Crippen LogP contribution < -0.4 is 4.74 Å². The van der Waals surface area contributed by atoms with Gasteiger partial charge in [-0.25, -0.2) is 0 Å². The lowest BCUT2D eigenvalue weighted by Gasteiger charge is -2.28. The summed E-state index contributed by atoms with van der Waals surface area (Å²) in [7, 11) is -4.57. The molecule has 1 saturated heterocycles. The van der Waals surface area contributed by atoms with Gasteiger partial charge in [0.15, 0.2) is 0 Å². The van der Waals surface area contributed by atoms with Crippen molar-refractivity contribution in [2.75, 3.05) is 13.2 Å². The molecule has 0 bridgehead atoms. The van der Waals surface area contributed by atoms with Gasteiger partial charge in [-0.15, -0.1) is 9.35 Å². The molecule has 41 heavy (non-hydrogen) atoms. The number of hydrogen-bond acceptors (Lipinski definition) is 7. The smallest absolute Gasteiger partial charge is 0.318 e. The number of carbonyl (C=O) groups is 2. The van der Waals surface area contributed by atoms with Gasteiger partial charge in [0.2, 0.25) is 0 Å². The van der Waals surface area contributed by atoms with Crippen molar-refractivity contribution in [1.82, 2.24) is 5.06 Å². The molecule has 1 fully saturated rings. The summed E-state index contributed by atoms with van der Waals surface area (Å²) >= 11 is 0. The molecule has 0 N–H and O–H groups in total. The number of ether oxygens (including phenoxy) is 2. The molecule has 2 aliphatic rings. The Balaban J connectivity index is 1.54. The Morgan fingerprint density at radius 2 is 1.54 bits per heavy atom. The first-order chi connectivity index (χ1) is 19.4. The first-order valence-electron chi connectivity index (χ1n) is 14.2. The SMILES string of the molecule is CC(C)c1cc(C(C)C)c(S(=O)(=O)ON2C(=O)c3cccc4c(OCC5CCCO5)ccc(c34)C2=O)c(C(C)C)c1. The van der Waals surface area contributed by atoms with Gasteiger partial charge in [-0.05, 0) is 65.5 Å². The quantitative estimate of drug-likeness (QED) is 0.261. The topological polar surface area (TPSA) is 99.2 Å².